The van der Waals surface area contributed by atoms with Gasteiger partial charge >= 0.3 is 6.03 Å². The second kappa shape index (κ2) is 8.11. The fraction of sp³-hybridized carbons (Fsp3) is 0.500. The maximum atomic E-state index is 12.4. The second-order valence-electron chi connectivity index (χ2n) is 6.37. The topological polar surface area (TPSA) is 81.3 Å². The van der Waals surface area contributed by atoms with E-state index in [9.17, 15) is 9.59 Å². The van der Waals surface area contributed by atoms with E-state index in [2.05, 4.69) is 27.1 Å². The minimum atomic E-state index is -0.181. The number of amides is 2. The molecule has 2 aromatic rings. The van der Waals surface area contributed by atoms with Crippen LogP contribution in [0.1, 0.15) is 25.6 Å². The summed E-state index contributed by atoms with van der Waals surface area (Å²) in [5.41, 5.74) is 0.459. The Balaban J connectivity index is 1.60. The van der Waals surface area contributed by atoms with Gasteiger partial charge in [-0.05, 0) is 38.1 Å². The van der Waals surface area contributed by atoms with E-state index in [1.54, 1.807) is 12.1 Å². The van der Waals surface area contributed by atoms with Gasteiger partial charge in [0.15, 0.2) is 0 Å². The average molecular weight is 343 g/mol. The molecule has 3 rings (SSSR count). The molecule has 1 aromatic carbocycles. The summed E-state index contributed by atoms with van der Waals surface area (Å²) in [6.45, 7) is 6.91. The molecule has 7 heteroatoms. The number of nitrogens with zero attached hydrogens (tertiary/aromatic N) is 3. The van der Waals surface area contributed by atoms with Crippen molar-refractivity contribution in [3.63, 3.8) is 0 Å². The second-order valence-corrected chi connectivity index (χ2v) is 6.37. The summed E-state index contributed by atoms with van der Waals surface area (Å²) < 4.78 is 0. The van der Waals surface area contributed by atoms with Crippen LogP contribution in [0.25, 0.3) is 10.9 Å². The van der Waals surface area contributed by atoms with E-state index in [-0.39, 0.29) is 18.1 Å². The normalized spacial score (nSPS) is 16.0. The molecule has 0 radical (unpaired) electrons. The van der Waals surface area contributed by atoms with Crippen LogP contribution in [0.15, 0.2) is 29.1 Å². The lowest BCUT2D eigenvalue weighted by Crippen LogP contribution is -2.42. The minimum Gasteiger partial charge on any atom is -0.331 e. The third kappa shape index (κ3) is 4.36. The lowest BCUT2D eigenvalue weighted by molar-refractivity contribution is 0.197. The molecule has 0 spiro atoms. The van der Waals surface area contributed by atoms with Gasteiger partial charge in [-0.15, -0.1) is 0 Å². The van der Waals surface area contributed by atoms with E-state index in [1.807, 2.05) is 17.0 Å². The van der Waals surface area contributed by atoms with Crippen LogP contribution in [0, 0.1) is 0 Å². The maximum absolute atomic E-state index is 12.4. The number of carbonyl (C=O) groups is 1. The predicted molar refractivity (Wildman–Crippen MR) is 97.5 cm³/mol. The van der Waals surface area contributed by atoms with Crippen molar-refractivity contribution < 1.29 is 4.79 Å². The fourth-order valence-corrected chi connectivity index (χ4v) is 3.20. The summed E-state index contributed by atoms with van der Waals surface area (Å²) in [5.74, 6) is 0.472. The van der Waals surface area contributed by atoms with Gasteiger partial charge < -0.3 is 20.1 Å². The van der Waals surface area contributed by atoms with Crippen molar-refractivity contribution in [2.24, 2.45) is 0 Å². The number of carbonyl (C=O) groups excluding carboxylic acids is 1. The van der Waals surface area contributed by atoms with Gasteiger partial charge in [-0.1, -0.05) is 19.1 Å². The van der Waals surface area contributed by atoms with Crippen LogP contribution in [0.4, 0.5) is 4.79 Å². The van der Waals surface area contributed by atoms with Gasteiger partial charge in [0.2, 0.25) is 0 Å². The zero-order valence-electron chi connectivity index (χ0n) is 14.6. The molecule has 0 unspecified atom stereocenters. The predicted octanol–water partition coefficient (Wildman–Crippen LogP) is 1.55. The number of fused-ring (bicyclic) bond motifs is 1. The summed E-state index contributed by atoms with van der Waals surface area (Å²) in [6.07, 6.45) is 2.12. The summed E-state index contributed by atoms with van der Waals surface area (Å²) >= 11 is 0. The Kier molecular flexibility index (Phi) is 5.65. The van der Waals surface area contributed by atoms with Gasteiger partial charge in [0.05, 0.1) is 17.4 Å². The monoisotopic (exact) mass is 343 g/mol. The van der Waals surface area contributed by atoms with Crippen molar-refractivity contribution in [2.45, 2.75) is 26.3 Å². The zero-order chi connectivity index (χ0) is 17.6. The molecule has 7 nitrogen and oxygen atoms in total. The SMILES string of the molecule is CCCN1CCCN(C(=O)NCc2nc3ccccc3c(=O)[nH]2)CC1. The van der Waals surface area contributed by atoms with Crippen LogP contribution < -0.4 is 10.9 Å². The van der Waals surface area contributed by atoms with Gasteiger partial charge in [-0.25, -0.2) is 9.78 Å². The highest BCUT2D eigenvalue weighted by molar-refractivity contribution is 5.77. The first-order valence-corrected chi connectivity index (χ1v) is 8.90. The molecular formula is C18H25N5O2. The molecule has 25 heavy (non-hydrogen) atoms. The Morgan fingerprint density at radius 3 is 2.92 bits per heavy atom. The summed E-state index contributed by atoms with van der Waals surface area (Å²) in [5, 5.41) is 3.43. The van der Waals surface area contributed by atoms with Crippen LogP contribution in [-0.4, -0.2) is 58.5 Å². The number of nitrogens with one attached hydrogen (secondary N) is 2. The minimum absolute atomic E-state index is 0.103. The summed E-state index contributed by atoms with van der Waals surface area (Å²) in [6, 6.07) is 7.09. The van der Waals surface area contributed by atoms with Gasteiger partial charge in [0.1, 0.15) is 5.82 Å². The number of para-hydroxylation sites is 1. The molecule has 0 saturated carbocycles. The molecular weight excluding hydrogens is 318 g/mol. The highest BCUT2D eigenvalue weighted by Crippen LogP contribution is 2.06. The number of aromatic amines is 1. The lowest BCUT2D eigenvalue weighted by Gasteiger charge is -2.22. The lowest BCUT2D eigenvalue weighted by atomic mass is 10.2. The van der Waals surface area contributed by atoms with Crippen molar-refractivity contribution >= 4 is 16.9 Å². The van der Waals surface area contributed by atoms with Crippen LogP contribution in [0.5, 0.6) is 0 Å². The molecule has 2 N–H and O–H groups in total. The van der Waals surface area contributed by atoms with E-state index in [0.29, 0.717) is 16.7 Å². The first-order chi connectivity index (χ1) is 12.2. The first-order valence-electron chi connectivity index (χ1n) is 8.90. The first kappa shape index (κ1) is 17.4. The Hall–Kier alpha value is -2.41. The molecule has 2 heterocycles. The molecule has 1 aliphatic rings. The van der Waals surface area contributed by atoms with E-state index in [1.165, 1.54) is 0 Å². The molecule has 0 bridgehead atoms. The number of rotatable bonds is 4. The Morgan fingerprint density at radius 1 is 1.24 bits per heavy atom. The molecule has 0 aliphatic carbocycles. The number of benzene rings is 1. The third-order valence-corrected chi connectivity index (χ3v) is 4.48. The average Bonchev–Trinajstić information content (AvgIpc) is 2.86. The highest BCUT2D eigenvalue weighted by Gasteiger charge is 2.18. The number of hydrogen-bond donors (Lipinski definition) is 2. The molecule has 1 aromatic heterocycles. The van der Waals surface area contributed by atoms with Crippen molar-refractivity contribution in [3.05, 3.63) is 40.4 Å². The van der Waals surface area contributed by atoms with Crippen molar-refractivity contribution in [3.8, 4) is 0 Å². The Bertz CT molecular complexity index is 788. The molecule has 0 atom stereocenters. The maximum Gasteiger partial charge on any atom is 0.317 e. The zero-order valence-corrected chi connectivity index (χ0v) is 14.6. The van der Waals surface area contributed by atoms with E-state index in [0.717, 1.165) is 45.6 Å². The summed E-state index contributed by atoms with van der Waals surface area (Å²) in [4.78, 5) is 35.9. The molecule has 134 valence electrons. The van der Waals surface area contributed by atoms with Gasteiger partial charge in [0, 0.05) is 19.6 Å². The van der Waals surface area contributed by atoms with Gasteiger partial charge in [-0.2, -0.15) is 0 Å². The Labute approximate surface area is 147 Å². The molecule has 2 amide bonds. The molecule has 1 fully saturated rings. The standard InChI is InChI=1S/C18H25N5O2/c1-2-8-22-9-5-10-23(12-11-22)18(25)19-13-16-20-15-7-4-3-6-14(15)17(24)21-16/h3-4,6-7H,2,5,8-13H2,1H3,(H,19,25)(H,20,21,24). The number of aromatic nitrogens is 2. The van der Waals surface area contributed by atoms with Crippen LogP contribution >= 0.6 is 0 Å². The van der Waals surface area contributed by atoms with Crippen molar-refractivity contribution in [2.75, 3.05) is 32.7 Å². The van der Waals surface area contributed by atoms with Crippen molar-refractivity contribution in [1.82, 2.24) is 25.1 Å². The van der Waals surface area contributed by atoms with E-state index in [4.69, 9.17) is 0 Å². The highest BCUT2D eigenvalue weighted by atomic mass is 16.2. The molecule has 1 aliphatic heterocycles. The third-order valence-electron chi connectivity index (χ3n) is 4.48. The summed E-state index contributed by atoms with van der Waals surface area (Å²) in [7, 11) is 0. The number of hydrogen-bond acceptors (Lipinski definition) is 4. The largest absolute Gasteiger partial charge is 0.331 e. The van der Waals surface area contributed by atoms with Crippen LogP contribution in [0.3, 0.4) is 0 Å². The van der Waals surface area contributed by atoms with E-state index >= 15 is 0 Å². The van der Waals surface area contributed by atoms with Gasteiger partial charge in [-0.3, -0.25) is 4.79 Å². The van der Waals surface area contributed by atoms with Crippen LogP contribution in [-0.2, 0) is 6.54 Å². The quantitative estimate of drug-likeness (QED) is 0.882. The fourth-order valence-electron chi connectivity index (χ4n) is 3.20. The number of urea groups is 1. The van der Waals surface area contributed by atoms with Crippen molar-refractivity contribution in [1.29, 1.82) is 0 Å². The van der Waals surface area contributed by atoms with Crippen LogP contribution in [0.2, 0.25) is 0 Å². The smallest absolute Gasteiger partial charge is 0.317 e. The Morgan fingerprint density at radius 2 is 2.08 bits per heavy atom. The van der Waals surface area contributed by atoms with E-state index < -0.39 is 0 Å². The number of H-pyrrole nitrogens is 1. The molecule has 1 saturated heterocycles. The van der Waals surface area contributed by atoms with Gasteiger partial charge in [0.25, 0.3) is 5.56 Å².